The second-order valence-corrected chi connectivity index (χ2v) is 9.18. The van der Waals surface area contributed by atoms with Gasteiger partial charge in [-0.1, -0.05) is 32.1 Å². The number of nitrogens with zero attached hydrogens (tertiary/aromatic N) is 2. The zero-order valence-electron chi connectivity index (χ0n) is 17.6. The van der Waals surface area contributed by atoms with E-state index >= 15 is 0 Å². The van der Waals surface area contributed by atoms with E-state index in [-0.39, 0.29) is 5.54 Å². The lowest BCUT2D eigenvalue weighted by Gasteiger charge is -2.47. The van der Waals surface area contributed by atoms with Gasteiger partial charge in [0.25, 0.3) is 0 Å². The molecule has 2 N–H and O–H groups in total. The first-order valence-electron chi connectivity index (χ1n) is 11.2. The van der Waals surface area contributed by atoms with Crippen LogP contribution in [0.3, 0.4) is 0 Å². The molecular weight excluding hydrogens is 394 g/mol. The Morgan fingerprint density at radius 3 is 2.45 bits per heavy atom. The Kier molecular flexibility index (Phi) is 11.5. The predicted octanol–water partition coefficient (Wildman–Crippen LogP) is 2.73. The van der Waals surface area contributed by atoms with Crippen molar-refractivity contribution in [2.75, 3.05) is 45.9 Å². The minimum Gasteiger partial charge on any atom is -0.760 e. The standard InChI is InChI=1S/C20H39N3O5S/c24-19(25)21-12-6-1-2-7-14-23(29(26)27)20(9-4-3-5-10-20)11-8-13-22-15-17-28-18-16-22/h21H,1-18H2,(H,24,25)(H,26,27)/p-1. The van der Waals surface area contributed by atoms with Crippen molar-refractivity contribution in [3.8, 4) is 0 Å². The van der Waals surface area contributed by atoms with E-state index in [0.29, 0.717) is 13.1 Å². The first-order chi connectivity index (χ1) is 14.0. The topological polar surface area (TPSA) is 105 Å². The van der Waals surface area contributed by atoms with Gasteiger partial charge in [0, 0.05) is 43.0 Å². The van der Waals surface area contributed by atoms with Crippen LogP contribution in [0.15, 0.2) is 0 Å². The van der Waals surface area contributed by atoms with Gasteiger partial charge in [-0.3, -0.25) is 9.11 Å². The van der Waals surface area contributed by atoms with E-state index in [0.717, 1.165) is 97.1 Å². The molecule has 1 atom stereocenters. The molecule has 1 unspecified atom stereocenters. The van der Waals surface area contributed by atoms with Crippen molar-refractivity contribution < 1.29 is 23.4 Å². The monoisotopic (exact) mass is 432 g/mol. The zero-order chi connectivity index (χ0) is 21.0. The lowest BCUT2D eigenvalue weighted by molar-refractivity contribution is 0.0333. The maximum atomic E-state index is 12.1. The highest BCUT2D eigenvalue weighted by atomic mass is 32.2. The van der Waals surface area contributed by atoms with Crippen LogP contribution in [-0.2, 0) is 16.0 Å². The van der Waals surface area contributed by atoms with Gasteiger partial charge < -0.3 is 19.7 Å². The van der Waals surface area contributed by atoms with Crippen molar-refractivity contribution >= 4 is 17.4 Å². The normalized spacial score (nSPS) is 21.2. The molecule has 29 heavy (non-hydrogen) atoms. The minimum atomic E-state index is -2.20. The largest absolute Gasteiger partial charge is 0.760 e. The van der Waals surface area contributed by atoms with Gasteiger partial charge in [-0.2, -0.15) is 0 Å². The summed E-state index contributed by atoms with van der Waals surface area (Å²) in [6, 6.07) is 0. The van der Waals surface area contributed by atoms with Crippen molar-refractivity contribution in [3.63, 3.8) is 0 Å². The molecule has 8 nitrogen and oxygen atoms in total. The Hall–Kier alpha value is -0.740. The number of carboxylic acid groups (broad SMARTS) is 1. The van der Waals surface area contributed by atoms with E-state index in [4.69, 9.17) is 9.84 Å². The van der Waals surface area contributed by atoms with Gasteiger partial charge in [0.05, 0.1) is 13.2 Å². The third-order valence-electron chi connectivity index (χ3n) is 6.28. The lowest BCUT2D eigenvalue weighted by Crippen LogP contribution is -2.51. The van der Waals surface area contributed by atoms with Crippen LogP contribution in [0, 0.1) is 0 Å². The van der Waals surface area contributed by atoms with Gasteiger partial charge in [-0.05, 0) is 45.1 Å². The fraction of sp³-hybridized carbons (Fsp3) is 0.950. The third kappa shape index (κ3) is 8.88. The van der Waals surface area contributed by atoms with Crippen LogP contribution in [-0.4, -0.2) is 80.6 Å². The van der Waals surface area contributed by atoms with Gasteiger partial charge in [0.15, 0.2) is 0 Å². The summed E-state index contributed by atoms with van der Waals surface area (Å²) in [5, 5.41) is 10.9. The summed E-state index contributed by atoms with van der Waals surface area (Å²) in [5.41, 5.74) is -0.220. The van der Waals surface area contributed by atoms with Crippen LogP contribution < -0.4 is 5.32 Å². The average Bonchev–Trinajstić information content (AvgIpc) is 2.71. The summed E-state index contributed by atoms with van der Waals surface area (Å²) in [6.07, 6.45) is 9.73. The summed E-state index contributed by atoms with van der Waals surface area (Å²) in [6.45, 7) is 5.58. The Bertz CT molecular complexity index is 497. The number of hydrogen-bond donors (Lipinski definition) is 2. The smallest absolute Gasteiger partial charge is 0.404 e. The highest BCUT2D eigenvalue weighted by Gasteiger charge is 2.38. The molecule has 2 aliphatic rings. The molecule has 0 bridgehead atoms. The van der Waals surface area contributed by atoms with Gasteiger partial charge in [0.1, 0.15) is 0 Å². The summed E-state index contributed by atoms with van der Waals surface area (Å²) in [7, 11) is 0. The molecule has 0 aromatic rings. The van der Waals surface area contributed by atoms with E-state index in [1.165, 1.54) is 6.42 Å². The third-order valence-corrected chi connectivity index (χ3v) is 7.21. The second-order valence-electron chi connectivity index (χ2n) is 8.31. The number of morpholine rings is 1. The molecule has 1 aliphatic heterocycles. The quantitative estimate of drug-likeness (QED) is 0.342. The SMILES string of the molecule is O=C(O)NCCCCCCN(S(=O)[O-])C1(CCCN2CCOCC2)CCCCC1. The maximum absolute atomic E-state index is 12.1. The molecule has 2 fully saturated rings. The van der Waals surface area contributed by atoms with Gasteiger partial charge >= 0.3 is 6.09 Å². The molecule has 0 radical (unpaired) electrons. The molecule has 9 heteroatoms. The number of hydrogen-bond acceptors (Lipinski definition) is 5. The van der Waals surface area contributed by atoms with E-state index < -0.39 is 17.4 Å². The van der Waals surface area contributed by atoms with Crippen LogP contribution in [0.4, 0.5) is 4.79 Å². The van der Waals surface area contributed by atoms with Crippen LogP contribution in [0.2, 0.25) is 0 Å². The Morgan fingerprint density at radius 2 is 1.79 bits per heavy atom. The van der Waals surface area contributed by atoms with Crippen molar-refractivity contribution in [1.29, 1.82) is 0 Å². The van der Waals surface area contributed by atoms with Gasteiger partial charge in [-0.15, -0.1) is 0 Å². The Labute approximate surface area is 177 Å². The first-order valence-corrected chi connectivity index (χ1v) is 12.2. The Balaban J connectivity index is 1.81. The molecule has 1 saturated heterocycles. The molecule has 1 aliphatic carbocycles. The van der Waals surface area contributed by atoms with Crippen molar-refractivity contribution in [3.05, 3.63) is 0 Å². The molecule has 1 heterocycles. The van der Waals surface area contributed by atoms with Gasteiger partial charge in [0.2, 0.25) is 0 Å². The number of ether oxygens (including phenoxy) is 1. The Morgan fingerprint density at radius 1 is 1.10 bits per heavy atom. The summed E-state index contributed by atoms with van der Waals surface area (Å²) >= 11 is -2.20. The van der Waals surface area contributed by atoms with Crippen molar-refractivity contribution in [2.45, 2.75) is 76.2 Å². The van der Waals surface area contributed by atoms with E-state index in [1.807, 2.05) is 0 Å². The maximum Gasteiger partial charge on any atom is 0.404 e. The molecule has 2 rings (SSSR count). The number of nitrogens with one attached hydrogen (secondary N) is 1. The van der Waals surface area contributed by atoms with Crippen molar-refractivity contribution in [1.82, 2.24) is 14.5 Å². The zero-order valence-corrected chi connectivity index (χ0v) is 18.4. The average molecular weight is 433 g/mol. The van der Waals surface area contributed by atoms with Crippen LogP contribution in [0.25, 0.3) is 0 Å². The highest BCUT2D eigenvalue weighted by Crippen LogP contribution is 2.38. The van der Waals surface area contributed by atoms with Crippen LogP contribution >= 0.6 is 0 Å². The van der Waals surface area contributed by atoms with Crippen LogP contribution in [0.1, 0.15) is 70.6 Å². The number of carbonyl (C=O) groups is 1. The summed E-state index contributed by atoms with van der Waals surface area (Å²) in [4.78, 5) is 12.9. The van der Waals surface area contributed by atoms with E-state index in [9.17, 15) is 13.6 Å². The first kappa shape index (κ1) is 24.5. The molecule has 1 saturated carbocycles. The summed E-state index contributed by atoms with van der Waals surface area (Å²) in [5.74, 6) is 0. The number of rotatable bonds is 13. The minimum absolute atomic E-state index is 0.220. The molecular formula is C20H38N3O5S-. The van der Waals surface area contributed by atoms with Crippen LogP contribution in [0.5, 0.6) is 0 Å². The molecule has 170 valence electrons. The van der Waals surface area contributed by atoms with E-state index in [2.05, 4.69) is 10.2 Å². The molecule has 1 amide bonds. The lowest BCUT2D eigenvalue weighted by atomic mass is 9.78. The van der Waals surface area contributed by atoms with Crippen molar-refractivity contribution in [2.24, 2.45) is 0 Å². The molecule has 0 spiro atoms. The fourth-order valence-corrected chi connectivity index (χ4v) is 5.56. The van der Waals surface area contributed by atoms with E-state index in [1.54, 1.807) is 4.31 Å². The predicted molar refractivity (Wildman–Crippen MR) is 112 cm³/mol. The number of unbranched alkanes of at least 4 members (excludes halogenated alkanes) is 3. The molecule has 0 aromatic heterocycles. The number of amides is 1. The fourth-order valence-electron chi connectivity index (χ4n) is 4.69. The highest BCUT2D eigenvalue weighted by molar-refractivity contribution is 7.76. The second kappa shape index (κ2) is 13.5. The molecule has 0 aromatic carbocycles. The summed E-state index contributed by atoms with van der Waals surface area (Å²) < 4.78 is 31.4. The van der Waals surface area contributed by atoms with Gasteiger partial charge in [-0.25, -0.2) is 9.10 Å².